The zero-order valence-corrected chi connectivity index (χ0v) is 15.7. The minimum absolute atomic E-state index is 0.398. The molecule has 0 bridgehead atoms. The maximum atomic E-state index is 4.72. The molecule has 3 rings (SSSR count). The first-order valence-electron chi connectivity index (χ1n) is 8.92. The summed E-state index contributed by atoms with van der Waals surface area (Å²) in [7, 11) is 0. The molecular formula is C18H27N5S. The van der Waals surface area contributed by atoms with Crippen LogP contribution in [-0.2, 0) is 0 Å². The van der Waals surface area contributed by atoms with E-state index in [1.165, 1.54) is 12.8 Å². The molecule has 0 aliphatic carbocycles. The minimum Gasteiger partial charge on any atom is -0.357 e. The van der Waals surface area contributed by atoms with Crippen molar-refractivity contribution in [3.8, 4) is 0 Å². The molecule has 0 unspecified atom stereocenters. The second-order valence-electron chi connectivity index (χ2n) is 6.75. The fourth-order valence-corrected chi connectivity index (χ4v) is 4.01. The van der Waals surface area contributed by atoms with Crippen LogP contribution in [0.1, 0.15) is 45.4 Å². The number of hydrogen-bond donors (Lipinski definition) is 0. The fraction of sp³-hybridized carbons (Fsp3) is 0.611. The molecule has 0 radical (unpaired) electrons. The van der Waals surface area contributed by atoms with Gasteiger partial charge in [0.2, 0.25) is 5.13 Å². The Hall–Kier alpha value is -1.69. The van der Waals surface area contributed by atoms with Gasteiger partial charge in [0, 0.05) is 49.8 Å². The topological polar surface area (TPSA) is 45.2 Å². The number of pyridine rings is 1. The summed E-state index contributed by atoms with van der Waals surface area (Å²) in [6.45, 7) is 10.8. The van der Waals surface area contributed by atoms with Crippen LogP contribution in [0.5, 0.6) is 0 Å². The van der Waals surface area contributed by atoms with E-state index in [9.17, 15) is 0 Å². The van der Waals surface area contributed by atoms with Crippen LogP contribution in [0, 0.1) is 5.92 Å². The van der Waals surface area contributed by atoms with Crippen LogP contribution in [0.3, 0.4) is 0 Å². The molecular weight excluding hydrogens is 318 g/mol. The number of piperidine rings is 1. The third-order valence-corrected chi connectivity index (χ3v) is 5.46. The molecule has 0 saturated carbocycles. The van der Waals surface area contributed by atoms with Crippen molar-refractivity contribution >= 4 is 22.5 Å². The highest BCUT2D eigenvalue weighted by atomic mass is 32.1. The van der Waals surface area contributed by atoms with Gasteiger partial charge in [-0.15, -0.1) is 0 Å². The molecule has 0 amide bonds. The van der Waals surface area contributed by atoms with Gasteiger partial charge in [0.1, 0.15) is 11.6 Å². The third-order valence-electron chi connectivity index (χ3n) is 4.67. The third kappa shape index (κ3) is 4.04. The monoisotopic (exact) mass is 345 g/mol. The molecule has 0 N–H and O–H groups in total. The van der Waals surface area contributed by atoms with Gasteiger partial charge < -0.3 is 9.80 Å². The van der Waals surface area contributed by atoms with Crippen LogP contribution in [0.2, 0.25) is 0 Å². The van der Waals surface area contributed by atoms with Gasteiger partial charge in [-0.2, -0.15) is 4.37 Å². The Bertz CT molecular complexity index is 619. The Morgan fingerprint density at radius 3 is 2.67 bits per heavy atom. The smallest absolute Gasteiger partial charge is 0.205 e. The normalized spacial score (nSPS) is 15.9. The average Bonchev–Trinajstić information content (AvgIpc) is 3.11. The van der Waals surface area contributed by atoms with E-state index in [2.05, 4.69) is 52.1 Å². The van der Waals surface area contributed by atoms with Crippen molar-refractivity contribution in [1.29, 1.82) is 0 Å². The summed E-state index contributed by atoms with van der Waals surface area (Å²) < 4.78 is 4.50. The predicted molar refractivity (Wildman–Crippen MR) is 101 cm³/mol. The van der Waals surface area contributed by atoms with Crippen molar-refractivity contribution in [3.63, 3.8) is 0 Å². The van der Waals surface area contributed by atoms with E-state index in [0.29, 0.717) is 5.92 Å². The highest BCUT2D eigenvalue weighted by Crippen LogP contribution is 2.26. The summed E-state index contributed by atoms with van der Waals surface area (Å²) in [6, 6.07) is 6.14. The molecule has 1 fully saturated rings. The molecule has 1 aliphatic rings. The SMILES string of the molecule is CCN(CC1CCN(c2ccccn2)CC1)c1nc(C(C)C)ns1. The summed E-state index contributed by atoms with van der Waals surface area (Å²) in [5.41, 5.74) is 0. The van der Waals surface area contributed by atoms with Crippen LogP contribution < -0.4 is 9.80 Å². The lowest BCUT2D eigenvalue weighted by Gasteiger charge is -2.35. The van der Waals surface area contributed by atoms with Crippen molar-refractivity contribution in [2.45, 2.75) is 39.5 Å². The Labute approximate surface area is 148 Å². The molecule has 0 aromatic carbocycles. The van der Waals surface area contributed by atoms with Gasteiger partial charge in [-0.3, -0.25) is 0 Å². The van der Waals surface area contributed by atoms with Crippen LogP contribution >= 0.6 is 11.5 Å². The minimum atomic E-state index is 0.398. The number of hydrogen-bond acceptors (Lipinski definition) is 6. The molecule has 5 nitrogen and oxygen atoms in total. The van der Waals surface area contributed by atoms with Crippen LogP contribution in [-0.4, -0.2) is 40.5 Å². The van der Waals surface area contributed by atoms with E-state index < -0.39 is 0 Å². The lowest BCUT2D eigenvalue weighted by molar-refractivity contribution is 0.403. The number of nitrogens with zero attached hydrogens (tertiary/aromatic N) is 5. The number of aromatic nitrogens is 3. The summed E-state index contributed by atoms with van der Waals surface area (Å²) in [5.74, 6) is 3.19. The van der Waals surface area contributed by atoms with Crippen molar-refractivity contribution in [1.82, 2.24) is 14.3 Å². The molecule has 3 heterocycles. The molecule has 6 heteroatoms. The highest BCUT2D eigenvalue weighted by Gasteiger charge is 2.23. The van der Waals surface area contributed by atoms with E-state index in [1.807, 2.05) is 12.3 Å². The summed E-state index contributed by atoms with van der Waals surface area (Å²) in [5, 5.41) is 1.08. The molecule has 130 valence electrons. The quantitative estimate of drug-likeness (QED) is 0.797. The first-order valence-corrected chi connectivity index (χ1v) is 9.69. The molecule has 24 heavy (non-hydrogen) atoms. The highest BCUT2D eigenvalue weighted by molar-refractivity contribution is 7.09. The van der Waals surface area contributed by atoms with Gasteiger partial charge >= 0.3 is 0 Å². The number of anilines is 2. The summed E-state index contributed by atoms with van der Waals surface area (Å²) in [6.07, 6.45) is 4.30. The van der Waals surface area contributed by atoms with Crippen molar-refractivity contribution in [2.75, 3.05) is 36.0 Å². The summed E-state index contributed by atoms with van der Waals surface area (Å²) in [4.78, 5) is 14.0. The van der Waals surface area contributed by atoms with E-state index in [0.717, 1.165) is 48.9 Å². The van der Waals surface area contributed by atoms with Crippen molar-refractivity contribution in [2.24, 2.45) is 5.92 Å². The first-order chi connectivity index (χ1) is 11.7. The predicted octanol–water partition coefficient (Wildman–Crippen LogP) is 3.80. The van der Waals surface area contributed by atoms with Crippen LogP contribution in [0.4, 0.5) is 10.9 Å². The lowest BCUT2D eigenvalue weighted by atomic mass is 9.96. The van der Waals surface area contributed by atoms with Gasteiger partial charge in [0.15, 0.2) is 0 Å². The van der Waals surface area contributed by atoms with Crippen molar-refractivity contribution < 1.29 is 0 Å². The molecule has 0 atom stereocenters. The Kier molecular flexibility index (Phi) is 5.66. The molecule has 0 spiro atoms. The Morgan fingerprint density at radius 1 is 1.29 bits per heavy atom. The van der Waals surface area contributed by atoms with Crippen LogP contribution in [0.25, 0.3) is 0 Å². The standard InChI is InChI=1S/C18H27N5S/c1-4-22(18-20-17(14(2)3)21-24-18)13-15-8-11-23(12-9-15)16-7-5-6-10-19-16/h5-7,10,14-15H,4,8-9,11-13H2,1-3H3. The van der Waals surface area contributed by atoms with Crippen LogP contribution in [0.15, 0.2) is 24.4 Å². The van der Waals surface area contributed by atoms with E-state index in [-0.39, 0.29) is 0 Å². The Balaban J connectivity index is 1.56. The van der Waals surface area contributed by atoms with Gasteiger partial charge in [-0.05, 0) is 37.8 Å². The fourth-order valence-electron chi connectivity index (χ4n) is 3.13. The molecule has 2 aromatic rings. The lowest BCUT2D eigenvalue weighted by Crippen LogP contribution is -2.39. The van der Waals surface area contributed by atoms with E-state index >= 15 is 0 Å². The average molecular weight is 346 g/mol. The Morgan fingerprint density at radius 2 is 2.08 bits per heavy atom. The number of rotatable bonds is 6. The van der Waals surface area contributed by atoms with Gasteiger partial charge in [0.05, 0.1) is 0 Å². The molecule has 1 saturated heterocycles. The second-order valence-corrected chi connectivity index (χ2v) is 7.48. The zero-order chi connectivity index (χ0) is 16.9. The van der Waals surface area contributed by atoms with E-state index in [4.69, 9.17) is 4.98 Å². The second kappa shape index (κ2) is 7.92. The molecule has 2 aromatic heterocycles. The van der Waals surface area contributed by atoms with Gasteiger partial charge in [0.25, 0.3) is 0 Å². The van der Waals surface area contributed by atoms with Gasteiger partial charge in [-0.25, -0.2) is 9.97 Å². The summed E-state index contributed by atoms with van der Waals surface area (Å²) >= 11 is 1.54. The van der Waals surface area contributed by atoms with Gasteiger partial charge in [-0.1, -0.05) is 19.9 Å². The first kappa shape index (κ1) is 17.1. The largest absolute Gasteiger partial charge is 0.357 e. The zero-order valence-electron chi connectivity index (χ0n) is 14.9. The molecule has 1 aliphatic heterocycles. The maximum Gasteiger partial charge on any atom is 0.205 e. The maximum absolute atomic E-state index is 4.72. The van der Waals surface area contributed by atoms with Crippen molar-refractivity contribution in [3.05, 3.63) is 30.2 Å². The van der Waals surface area contributed by atoms with E-state index in [1.54, 1.807) is 11.5 Å².